The SMILES string of the molecule is c1ccc(-c2nc(-c3ccc(-c4cnc(-c5cccc(-c6nc(-c7ccc(-c8cc9ccc%10ccccc%10c9c9ccccc89)cc7)nc(-c7cccc(-c8ccncc8)c7)n6)c5)c5ccccc45)cc3)nc(-c3ccc(-c4cc5ccc6ccccc6c5c5ccccc45)cc3)n2)cc1. The Morgan fingerprint density at radius 2 is 0.510 bits per heavy atom. The van der Waals surface area contributed by atoms with Crippen LogP contribution in [0, 0.1) is 0 Å². The molecule has 0 radical (unpaired) electrons. The smallest absolute Gasteiger partial charge is 0.164 e. The Morgan fingerprint density at radius 1 is 0.180 bits per heavy atom. The van der Waals surface area contributed by atoms with Crippen molar-refractivity contribution in [1.29, 1.82) is 0 Å². The van der Waals surface area contributed by atoms with Crippen LogP contribution in [-0.2, 0) is 0 Å². The number of hydrogen-bond acceptors (Lipinski definition) is 8. The van der Waals surface area contributed by atoms with Gasteiger partial charge in [0.05, 0.1) is 5.69 Å². The van der Waals surface area contributed by atoms with Gasteiger partial charge in [0, 0.05) is 68.5 Å². The lowest BCUT2D eigenvalue weighted by molar-refractivity contribution is 1.07. The lowest BCUT2D eigenvalue weighted by atomic mass is 9.90. The molecule has 0 amide bonds. The number of pyridine rings is 2. The molecule has 0 N–H and O–H groups in total. The van der Waals surface area contributed by atoms with Crippen molar-refractivity contribution in [3.63, 3.8) is 0 Å². The monoisotopic (exact) mass is 1270 g/mol. The number of benzene rings is 15. The van der Waals surface area contributed by atoms with E-state index in [4.69, 9.17) is 34.9 Å². The van der Waals surface area contributed by atoms with Gasteiger partial charge >= 0.3 is 0 Å². The van der Waals surface area contributed by atoms with Crippen LogP contribution in [0.25, 0.3) is 199 Å². The summed E-state index contributed by atoms with van der Waals surface area (Å²) in [5.41, 5.74) is 15.7. The van der Waals surface area contributed by atoms with Crippen LogP contribution in [0.5, 0.6) is 0 Å². The molecule has 0 atom stereocenters. The molecule has 4 heterocycles. The van der Waals surface area contributed by atoms with Crippen LogP contribution in [0.15, 0.2) is 340 Å². The fraction of sp³-hybridized carbons (Fsp3) is 0. The summed E-state index contributed by atoms with van der Waals surface area (Å²) in [6.45, 7) is 0. The Kier molecular flexibility index (Phi) is 14.0. The van der Waals surface area contributed by atoms with Crippen molar-refractivity contribution in [3.8, 4) is 124 Å². The Labute approximate surface area is 576 Å². The Morgan fingerprint density at radius 3 is 0.990 bits per heavy atom. The zero-order chi connectivity index (χ0) is 66.0. The van der Waals surface area contributed by atoms with Gasteiger partial charge in [-0.05, 0) is 145 Å². The molecule has 0 aliphatic heterocycles. The first-order valence-electron chi connectivity index (χ1n) is 33.6. The zero-order valence-corrected chi connectivity index (χ0v) is 53.9. The Bertz CT molecular complexity index is 6440. The number of nitrogens with zero attached hydrogens (tertiary/aromatic N) is 8. The van der Waals surface area contributed by atoms with Crippen molar-refractivity contribution in [3.05, 3.63) is 340 Å². The fourth-order valence-corrected chi connectivity index (χ4v) is 14.6. The van der Waals surface area contributed by atoms with E-state index >= 15 is 0 Å². The lowest BCUT2D eigenvalue weighted by Gasteiger charge is -2.14. The Balaban J connectivity index is 0.654. The molecule has 19 rings (SSSR count). The van der Waals surface area contributed by atoms with Crippen LogP contribution in [0.4, 0.5) is 0 Å². The average molecular weight is 1270 g/mol. The van der Waals surface area contributed by atoms with Gasteiger partial charge in [0.15, 0.2) is 34.9 Å². The highest BCUT2D eigenvalue weighted by atomic mass is 15.0. The molecule has 8 heteroatoms. The normalized spacial score (nSPS) is 11.6. The molecule has 15 aromatic carbocycles. The zero-order valence-electron chi connectivity index (χ0n) is 53.9. The maximum absolute atomic E-state index is 5.29. The summed E-state index contributed by atoms with van der Waals surface area (Å²) >= 11 is 0. The minimum atomic E-state index is 0.549. The maximum atomic E-state index is 5.29. The fourth-order valence-electron chi connectivity index (χ4n) is 14.6. The third kappa shape index (κ3) is 10.3. The van der Waals surface area contributed by atoms with Gasteiger partial charge < -0.3 is 0 Å². The van der Waals surface area contributed by atoms with E-state index in [0.717, 1.165) is 88.8 Å². The molecule has 0 aliphatic carbocycles. The first-order chi connectivity index (χ1) is 49.5. The quantitative estimate of drug-likeness (QED) is 0.118. The standard InChI is InChI=1S/C92H56N8/c1-2-18-63(19-3-1)87-95-88(64-40-32-60(33-41-64)81-54-68-46-38-58-16-4-6-24-73(58)84(68)78-29-11-8-26-75(78)81)97-89(96-87)66-44-36-62(37-45-66)83-56-94-86(80-31-13-10-28-77(80)83)70-21-15-23-72(53-70)92-99-90(98-91(100-92)71-22-14-20-67(52-71)57-48-50-93-51-49-57)65-42-34-61(35-43-65)82-55-69-47-39-59-17-5-7-25-74(59)85(69)79-30-12-9-27-76(79)82/h1-56H. The minimum Gasteiger partial charge on any atom is -0.265 e. The van der Waals surface area contributed by atoms with Gasteiger partial charge in [0.2, 0.25) is 0 Å². The first kappa shape index (κ1) is 57.9. The summed E-state index contributed by atoms with van der Waals surface area (Å²) in [5.74, 6) is 3.46. The molecule has 0 bridgehead atoms. The van der Waals surface area contributed by atoms with E-state index in [1.54, 1.807) is 0 Å². The molecular formula is C92H56N8. The van der Waals surface area contributed by atoms with Gasteiger partial charge in [-0.3, -0.25) is 9.97 Å². The van der Waals surface area contributed by atoms with Gasteiger partial charge in [-0.2, -0.15) is 0 Å². The Hall–Kier alpha value is -13.6. The highest BCUT2D eigenvalue weighted by Crippen LogP contribution is 2.43. The second-order valence-corrected chi connectivity index (χ2v) is 25.4. The molecular weight excluding hydrogens is 1220 g/mol. The van der Waals surface area contributed by atoms with Crippen LogP contribution in [0.1, 0.15) is 0 Å². The van der Waals surface area contributed by atoms with E-state index in [-0.39, 0.29) is 0 Å². The number of hydrogen-bond donors (Lipinski definition) is 0. The summed E-state index contributed by atoms with van der Waals surface area (Å²) in [4.78, 5) is 40.8. The summed E-state index contributed by atoms with van der Waals surface area (Å²) in [6, 6.07) is 113. The maximum Gasteiger partial charge on any atom is 0.164 e. The summed E-state index contributed by atoms with van der Waals surface area (Å²) in [5, 5.41) is 16.9. The van der Waals surface area contributed by atoms with Gasteiger partial charge in [-0.25, -0.2) is 29.9 Å². The van der Waals surface area contributed by atoms with Gasteiger partial charge in [-0.15, -0.1) is 0 Å². The van der Waals surface area contributed by atoms with Crippen LogP contribution in [0.3, 0.4) is 0 Å². The molecule has 100 heavy (non-hydrogen) atoms. The molecule has 0 spiro atoms. The van der Waals surface area contributed by atoms with Gasteiger partial charge in [-0.1, -0.05) is 285 Å². The summed E-state index contributed by atoms with van der Waals surface area (Å²) in [7, 11) is 0. The van der Waals surface area contributed by atoms with E-state index < -0.39 is 0 Å². The van der Waals surface area contributed by atoms with Crippen molar-refractivity contribution in [2.24, 2.45) is 0 Å². The van der Waals surface area contributed by atoms with E-state index in [9.17, 15) is 0 Å². The second kappa shape index (κ2) is 24.3. The van der Waals surface area contributed by atoms with Crippen molar-refractivity contribution in [2.45, 2.75) is 0 Å². The van der Waals surface area contributed by atoms with E-state index in [2.05, 4.69) is 284 Å². The topological polar surface area (TPSA) is 103 Å². The molecule has 0 fully saturated rings. The van der Waals surface area contributed by atoms with E-state index in [0.29, 0.717) is 34.9 Å². The number of fused-ring (bicyclic) bond motifs is 11. The summed E-state index contributed by atoms with van der Waals surface area (Å²) < 4.78 is 0. The highest BCUT2D eigenvalue weighted by Gasteiger charge is 2.20. The third-order valence-electron chi connectivity index (χ3n) is 19.5. The van der Waals surface area contributed by atoms with Crippen LogP contribution < -0.4 is 0 Å². The largest absolute Gasteiger partial charge is 0.265 e. The van der Waals surface area contributed by atoms with Crippen LogP contribution in [0.2, 0.25) is 0 Å². The minimum absolute atomic E-state index is 0.549. The molecule has 8 nitrogen and oxygen atoms in total. The van der Waals surface area contributed by atoms with Crippen molar-refractivity contribution >= 4 is 75.4 Å². The number of aromatic nitrogens is 8. The van der Waals surface area contributed by atoms with Crippen LogP contribution >= 0.6 is 0 Å². The summed E-state index contributed by atoms with van der Waals surface area (Å²) in [6.07, 6.45) is 5.62. The molecule has 19 aromatic rings. The predicted octanol–water partition coefficient (Wildman–Crippen LogP) is 23.3. The number of rotatable bonds is 11. The highest BCUT2D eigenvalue weighted by molar-refractivity contribution is 6.24. The van der Waals surface area contributed by atoms with Gasteiger partial charge in [0.1, 0.15) is 0 Å². The van der Waals surface area contributed by atoms with E-state index in [1.807, 2.05) is 61.1 Å². The van der Waals surface area contributed by atoms with Gasteiger partial charge in [0.25, 0.3) is 0 Å². The van der Waals surface area contributed by atoms with E-state index in [1.165, 1.54) is 75.8 Å². The van der Waals surface area contributed by atoms with Crippen molar-refractivity contribution in [2.75, 3.05) is 0 Å². The van der Waals surface area contributed by atoms with Crippen molar-refractivity contribution < 1.29 is 0 Å². The third-order valence-corrected chi connectivity index (χ3v) is 19.5. The molecule has 464 valence electrons. The first-order valence-corrected chi connectivity index (χ1v) is 33.6. The molecule has 0 saturated carbocycles. The molecule has 0 unspecified atom stereocenters. The molecule has 4 aromatic heterocycles. The van der Waals surface area contributed by atoms with Crippen LogP contribution in [-0.4, -0.2) is 39.9 Å². The average Bonchev–Trinajstić information content (AvgIpc) is 0.753. The van der Waals surface area contributed by atoms with Crippen molar-refractivity contribution in [1.82, 2.24) is 39.9 Å². The lowest BCUT2D eigenvalue weighted by Crippen LogP contribution is -2.00. The molecule has 0 saturated heterocycles. The molecule has 0 aliphatic rings. The second-order valence-electron chi connectivity index (χ2n) is 25.4. The predicted molar refractivity (Wildman–Crippen MR) is 411 cm³/mol.